The van der Waals surface area contributed by atoms with Crippen LogP contribution in [0, 0.1) is 0 Å². The number of aromatic nitrogens is 4. The van der Waals surface area contributed by atoms with Gasteiger partial charge in [0.1, 0.15) is 36.6 Å². The number of carbonyl (C=O) groups is 1. The van der Waals surface area contributed by atoms with E-state index in [0.29, 0.717) is 23.4 Å². The van der Waals surface area contributed by atoms with Crippen molar-refractivity contribution in [2.75, 3.05) is 5.73 Å². The molecule has 2 bridgehead atoms. The van der Waals surface area contributed by atoms with E-state index in [-0.39, 0.29) is 24.0 Å². The van der Waals surface area contributed by atoms with E-state index in [4.69, 9.17) is 24.7 Å². The molecular weight excluding hydrogens is 342 g/mol. The SMILES string of the molecule is CC(=O)O[C@@H]1Cc2nc3c(N)ncnc3n2[C@@H]2O[C@H]1[C@H]1OC(C)(C)O[C@H]12. The Kier molecular flexibility index (Phi) is 3.13. The summed E-state index contributed by atoms with van der Waals surface area (Å²) in [5.74, 6) is -0.196. The first kappa shape index (κ1) is 15.9. The molecule has 2 fully saturated rings. The zero-order chi connectivity index (χ0) is 18.2. The Labute approximate surface area is 148 Å². The third-order valence-electron chi connectivity index (χ3n) is 4.97. The average molecular weight is 361 g/mol. The summed E-state index contributed by atoms with van der Waals surface area (Å²) in [7, 11) is 0. The number of fused-ring (bicyclic) bond motifs is 9. The van der Waals surface area contributed by atoms with Crippen molar-refractivity contribution in [3.05, 3.63) is 12.2 Å². The number of nitrogen functional groups attached to an aromatic ring is 1. The molecular formula is C16H19N5O5. The molecule has 138 valence electrons. The molecule has 5 rings (SSSR count). The first-order valence-electron chi connectivity index (χ1n) is 8.50. The van der Waals surface area contributed by atoms with Crippen molar-refractivity contribution in [2.45, 2.75) is 63.6 Å². The smallest absolute Gasteiger partial charge is 0.303 e. The van der Waals surface area contributed by atoms with E-state index in [0.717, 1.165) is 0 Å². The Bertz CT molecular complexity index is 912. The quantitative estimate of drug-likeness (QED) is 0.715. The van der Waals surface area contributed by atoms with Gasteiger partial charge in [0.25, 0.3) is 0 Å². The summed E-state index contributed by atoms with van der Waals surface area (Å²) < 4.78 is 25.8. The number of hydrogen-bond donors (Lipinski definition) is 1. The summed E-state index contributed by atoms with van der Waals surface area (Å²) >= 11 is 0. The molecule has 2 aromatic rings. The van der Waals surface area contributed by atoms with E-state index in [9.17, 15) is 4.79 Å². The van der Waals surface area contributed by atoms with Crippen molar-refractivity contribution in [2.24, 2.45) is 0 Å². The molecule has 5 heterocycles. The van der Waals surface area contributed by atoms with Gasteiger partial charge in [0, 0.05) is 13.3 Å². The zero-order valence-electron chi connectivity index (χ0n) is 14.6. The molecule has 0 aromatic carbocycles. The number of imidazole rings is 1. The lowest BCUT2D eigenvalue weighted by Gasteiger charge is -2.26. The van der Waals surface area contributed by atoms with Gasteiger partial charge in [0.2, 0.25) is 0 Å². The number of nitrogens with zero attached hydrogens (tertiary/aromatic N) is 4. The molecule has 2 N–H and O–H groups in total. The molecule has 2 saturated heterocycles. The average Bonchev–Trinajstić information content (AvgIpc) is 3.12. The third-order valence-corrected chi connectivity index (χ3v) is 4.97. The predicted molar refractivity (Wildman–Crippen MR) is 86.7 cm³/mol. The summed E-state index contributed by atoms with van der Waals surface area (Å²) in [5, 5.41) is 0. The molecule has 10 nitrogen and oxygen atoms in total. The van der Waals surface area contributed by atoms with Gasteiger partial charge in [0.15, 0.2) is 29.0 Å². The van der Waals surface area contributed by atoms with Crippen molar-refractivity contribution >= 4 is 23.0 Å². The highest BCUT2D eigenvalue weighted by atomic mass is 16.8. The fourth-order valence-electron chi connectivity index (χ4n) is 4.12. The van der Waals surface area contributed by atoms with Crippen molar-refractivity contribution in [1.82, 2.24) is 19.5 Å². The maximum atomic E-state index is 11.6. The second-order valence-electron chi connectivity index (χ2n) is 7.24. The van der Waals surface area contributed by atoms with Crippen LogP contribution in [-0.2, 0) is 30.2 Å². The number of rotatable bonds is 1. The van der Waals surface area contributed by atoms with Crippen LogP contribution in [0.4, 0.5) is 5.82 Å². The Morgan fingerprint density at radius 2 is 2.08 bits per heavy atom. The summed E-state index contributed by atoms with van der Waals surface area (Å²) in [6.07, 6.45) is -0.474. The molecule has 0 spiro atoms. The monoisotopic (exact) mass is 361 g/mol. The van der Waals surface area contributed by atoms with Gasteiger partial charge in [-0.2, -0.15) is 0 Å². The van der Waals surface area contributed by atoms with Crippen molar-refractivity contribution in [3.63, 3.8) is 0 Å². The molecule has 26 heavy (non-hydrogen) atoms. The van der Waals surface area contributed by atoms with Crippen LogP contribution in [0.3, 0.4) is 0 Å². The second-order valence-corrected chi connectivity index (χ2v) is 7.24. The highest BCUT2D eigenvalue weighted by molar-refractivity contribution is 5.82. The number of nitrogens with two attached hydrogens (primary N) is 1. The molecule has 3 aliphatic rings. The maximum absolute atomic E-state index is 11.6. The van der Waals surface area contributed by atoms with Crippen LogP contribution in [0.25, 0.3) is 11.2 Å². The van der Waals surface area contributed by atoms with Crippen LogP contribution in [-0.4, -0.2) is 55.7 Å². The number of carbonyl (C=O) groups excluding carboxylic acids is 1. The fourth-order valence-corrected chi connectivity index (χ4v) is 4.12. The van der Waals surface area contributed by atoms with E-state index < -0.39 is 24.2 Å². The normalized spacial score (nSPS) is 34.3. The van der Waals surface area contributed by atoms with Crippen LogP contribution in [0.1, 0.15) is 32.8 Å². The minimum atomic E-state index is -0.759. The Balaban J connectivity index is 1.69. The van der Waals surface area contributed by atoms with Gasteiger partial charge in [-0.25, -0.2) is 15.0 Å². The van der Waals surface area contributed by atoms with Crippen LogP contribution >= 0.6 is 0 Å². The highest BCUT2D eigenvalue weighted by Crippen LogP contribution is 2.47. The van der Waals surface area contributed by atoms with Gasteiger partial charge in [-0.05, 0) is 13.8 Å². The van der Waals surface area contributed by atoms with Crippen molar-refractivity contribution < 1.29 is 23.7 Å². The van der Waals surface area contributed by atoms with Crippen molar-refractivity contribution in [3.8, 4) is 0 Å². The fraction of sp³-hybridized carbons (Fsp3) is 0.625. The van der Waals surface area contributed by atoms with Crippen LogP contribution in [0.5, 0.6) is 0 Å². The van der Waals surface area contributed by atoms with E-state index in [2.05, 4.69) is 15.0 Å². The standard InChI is InChI=1S/C16H19N5O5/c1-6(22)23-7-4-8-20-9-13(17)18-5-19-14(9)21(8)15-12-11(10(7)24-15)25-16(2,3)26-12/h5,7,10-12,15H,4H2,1-3H3,(H2,17,18,19)/t7-,10-,11-,12-,15-/m1/s1. The molecule has 5 atom stereocenters. The van der Waals surface area contributed by atoms with Crippen molar-refractivity contribution in [1.29, 1.82) is 0 Å². The van der Waals surface area contributed by atoms with Gasteiger partial charge in [-0.3, -0.25) is 9.36 Å². The molecule has 0 amide bonds. The lowest BCUT2D eigenvalue weighted by Crippen LogP contribution is -2.42. The predicted octanol–water partition coefficient (Wildman–Crippen LogP) is 0.314. The summed E-state index contributed by atoms with van der Waals surface area (Å²) in [5.41, 5.74) is 7.02. The van der Waals surface area contributed by atoms with Gasteiger partial charge in [0.05, 0.1) is 0 Å². The largest absolute Gasteiger partial charge is 0.459 e. The minimum Gasteiger partial charge on any atom is -0.459 e. The first-order chi connectivity index (χ1) is 12.3. The van der Waals surface area contributed by atoms with E-state index in [1.54, 1.807) is 0 Å². The van der Waals surface area contributed by atoms with Crippen LogP contribution < -0.4 is 5.73 Å². The summed E-state index contributed by atoms with van der Waals surface area (Å²) in [6, 6.07) is 0. The molecule has 10 heteroatoms. The Morgan fingerprint density at radius 3 is 2.85 bits per heavy atom. The Hall–Kier alpha value is -2.30. The molecule has 0 aliphatic carbocycles. The second kappa shape index (κ2) is 5.12. The van der Waals surface area contributed by atoms with Gasteiger partial charge < -0.3 is 24.7 Å². The third kappa shape index (κ3) is 2.15. The Morgan fingerprint density at radius 1 is 1.31 bits per heavy atom. The van der Waals surface area contributed by atoms with Crippen LogP contribution in [0.2, 0.25) is 0 Å². The maximum Gasteiger partial charge on any atom is 0.303 e. The topological polar surface area (TPSA) is 124 Å². The molecule has 0 unspecified atom stereocenters. The molecule has 0 saturated carbocycles. The minimum absolute atomic E-state index is 0.287. The van der Waals surface area contributed by atoms with E-state index in [1.165, 1.54) is 13.3 Å². The number of esters is 1. The zero-order valence-corrected chi connectivity index (χ0v) is 14.6. The number of ether oxygens (including phenoxy) is 4. The van der Waals surface area contributed by atoms with Gasteiger partial charge in [-0.1, -0.05) is 0 Å². The van der Waals surface area contributed by atoms with Gasteiger partial charge >= 0.3 is 5.97 Å². The summed E-state index contributed by atoms with van der Waals surface area (Å²) in [6.45, 7) is 5.08. The number of hydrogen-bond acceptors (Lipinski definition) is 9. The number of anilines is 1. The van der Waals surface area contributed by atoms with E-state index >= 15 is 0 Å². The lowest BCUT2D eigenvalue weighted by atomic mass is 10.0. The highest BCUT2D eigenvalue weighted by Gasteiger charge is 2.60. The molecule has 3 aliphatic heterocycles. The molecule has 0 radical (unpaired) electrons. The summed E-state index contributed by atoms with van der Waals surface area (Å²) in [4.78, 5) is 24.6. The lowest BCUT2D eigenvalue weighted by molar-refractivity contribution is -0.207. The van der Waals surface area contributed by atoms with Crippen LogP contribution in [0.15, 0.2) is 6.33 Å². The first-order valence-corrected chi connectivity index (χ1v) is 8.50. The van der Waals surface area contributed by atoms with Gasteiger partial charge in [-0.15, -0.1) is 0 Å². The van der Waals surface area contributed by atoms with E-state index in [1.807, 2.05) is 18.4 Å². The molecule has 2 aromatic heterocycles.